The van der Waals surface area contributed by atoms with Gasteiger partial charge in [-0.3, -0.25) is 4.79 Å². The molecule has 0 fully saturated rings. The Labute approximate surface area is 159 Å². The van der Waals surface area contributed by atoms with Gasteiger partial charge in [0, 0.05) is 26.2 Å². The number of nitrogens with zero attached hydrogens (tertiary/aromatic N) is 3. The van der Waals surface area contributed by atoms with Crippen LogP contribution in [0.15, 0.2) is 35.3 Å². The molecular weight excluding hydrogens is 348 g/mol. The van der Waals surface area contributed by atoms with Crippen LogP contribution in [-0.4, -0.2) is 44.2 Å². The summed E-state index contributed by atoms with van der Waals surface area (Å²) in [5.74, 6) is -1.23. The number of aliphatic imine (C=N–C) groups is 1. The Balaban J connectivity index is 2.24. The van der Waals surface area contributed by atoms with Crippen molar-refractivity contribution >= 4 is 23.5 Å². The molecule has 6 heteroatoms. The van der Waals surface area contributed by atoms with Gasteiger partial charge in [0.25, 0.3) is 0 Å². The Kier molecular flexibility index (Phi) is 6.66. The highest BCUT2D eigenvalue weighted by Gasteiger charge is 2.18. The molecule has 0 radical (unpaired) electrons. The highest BCUT2D eigenvalue weighted by atomic mass is 19.1. The molecule has 4 nitrogen and oxygen atoms in total. The van der Waals surface area contributed by atoms with Crippen molar-refractivity contribution in [2.45, 2.75) is 20.8 Å². The first kappa shape index (κ1) is 20.6. The summed E-state index contributed by atoms with van der Waals surface area (Å²) >= 11 is 0. The molecule has 0 aliphatic carbocycles. The number of para-hydroxylation sites is 1. The second-order valence-corrected chi connectivity index (χ2v) is 6.62. The molecule has 0 unspecified atom stereocenters. The van der Waals surface area contributed by atoms with E-state index < -0.39 is 11.6 Å². The number of hydrogen-bond donors (Lipinski definition) is 0. The summed E-state index contributed by atoms with van der Waals surface area (Å²) in [6, 6.07) is 7.52. The quantitative estimate of drug-likeness (QED) is 0.407. The molecule has 0 atom stereocenters. The number of ketones is 1. The Bertz CT molecular complexity index is 844. The summed E-state index contributed by atoms with van der Waals surface area (Å²) in [7, 11) is 3.49. The number of aryl methyl sites for hydroxylation is 2. The maximum atomic E-state index is 14.4. The van der Waals surface area contributed by atoms with Crippen molar-refractivity contribution in [1.82, 2.24) is 4.90 Å². The van der Waals surface area contributed by atoms with Gasteiger partial charge in [-0.15, -0.1) is 0 Å². The predicted octanol–water partition coefficient (Wildman–Crippen LogP) is 4.51. The van der Waals surface area contributed by atoms with E-state index in [9.17, 15) is 13.6 Å². The summed E-state index contributed by atoms with van der Waals surface area (Å²) in [4.78, 5) is 20.2. The summed E-state index contributed by atoms with van der Waals surface area (Å²) < 4.78 is 28.5. The first-order valence-corrected chi connectivity index (χ1v) is 8.78. The van der Waals surface area contributed by atoms with Gasteiger partial charge in [-0.25, -0.2) is 13.8 Å². The van der Waals surface area contributed by atoms with E-state index in [4.69, 9.17) is 0 Å². The lowest BCUT2D eigenvalue weighted by Gasteiger charge is -2.21. The van der Waals surface area contributed by atoms with Crippen LogP contribution in [0.2, 0.25) is 0 Å². The highest BCUT2D eigenvalue weighted by molar-refractivity contribution is 6.00. The van der Waals surface area contributed by atoms with Crippen LogP contribution < -0.4 is 4.90 Å². The van der Waals surface area contributed by atoms with Gasteiger partial charge in [-0.05, 0) is 50.1 Å². The molecule has 0 aliphatic rings. The maximum Gasteiger partial charge on any atom is 0.182 e. The fourth-order valence-electron chi connectivity index (χ4n) is 2.79. The lowest BCUT2D eigenvalue weighted by molar-refractivity contribution is 0.0999. The van der Waals surface area contributed by atoms with Crippen LogP contribution in [0.5, 0.6) is 0 Å². The molecule has 0 amide bonds. The number of benzene rings is 2. The van der Waals surface area contributed by atoms with Gasteiger partial charge in [0.2, 0.25) is 0 Å². The molecule has 0 heterocycles. The largest absolute Gasteiger partial charge is 0.366 e. The molecule has 27 heavy (non-hydrogen) atoms. The van der Waals surface area contributed by atoms with E-state index in [0.29, 0.717) is 11.3 Å². The van der Waals surface area contributed by atoms with Gasteiger partial charge in [-0.1, -0.05) is 12.1 Å². The van der Waals surface area contributed by atoms with Crippen molar-refractivity contribution in [1.29, 1.82) is 0 Å². The molecular formula is C21H25F2N3O. The lowest BCUT2D eigenvalue weighted by Crippen LogP contribution is -2.27. The third-order valence-corrected chi connectivity index (χ3v) is 4.44. The zero-order valence-electron chi connectivity index (χ0n) is 16.4. The number of carbonyl (C=O) groups excluding carboxylic acids is 1. The molecule has 0 N–H and O–H groups in total. The topological polar surface area (TPSA) is 35.9 Å². The fourth-order valence-corrected chi connectivity index (χ4v) is 2.79. The third kappa shape index (κ3) is 4.90. The number of anilines is 1. The standard InChI is InChI=1S/C21H25F2N3O/c1-6-25(4)13-24-19-10-15(3)16(11-18(19)23)20(27)12-26(5)21-14(2)8-7-9-17(21)22/h7-11,13H,6,12H2,1-5H3/b24-13+. The van der Waals surface area contributed by atoms with Crippen molar-refractivity contribution in [3.8, 4) is 0 Å². The number of hydrogen-bond acceptors (Lipinski definition) is 3. The van der Waals surface area contributed by atoms with Crippen molar-refractivity contribution < 1.29 is 13.6 Å². The number of carbonyl (C=O) groups is 1. The number of likely N-dealkylation sites (N-methyl/N-ethyl adjacent to an activating group) is 1. The number of rotatable bonds is 7. The molecule has 2 aromatic carbocycles. The molecule has 144 valence electrons. The Morgan fingerprint density at radius 3 is 2.44 bits per heavy atom. The van der Waals surface area contributed by atoms with Crippen molar-refractivity contribution in [3.05, 3.63) is 58.7 Å². The lowest BCUT2D eigenvalue weighted by atomic mass is 10.0. The first-order valence-electron chi connectivity index (χ1n) is 8.78. The molecule has 0 bridgehead atoms. The first-order chi connectivity index (χ1) is 12.7. The molecule has 2 aromatic rings. The van der Waals surface area contributed by atoms with Gasteiger partial charge in [0.1, 0.15) is 17.3 Å². The minimum atomic E-state index is -0.561. The van der Waals surface area contributed by atoms with Gasteiger partial charge < -0.3 is 9.80 Å². The zero-order valence-corrected chi connectivity index (χ0v) is 16.4. The van der Waals surface area contributed by atoms with Gasteiger partial charge in [0.05, 0.1) is 18.6 Å². The second kappa shape index (κ2) is 8.75. The molecule has 0 aliphatic heterocycles. The molecule has 0 saturated heterocycles. The van der Waals surface area contributed by atoms with Crippen molar-refractivity contribution in [2.75, 3.05) is 32.1 Å². The minimum absolute atomic E-state index is 0.0523. The van der Waals surface area contributed by atoms with Gasteiger partial charge in [0.15, 0.2) is 5.78 Å². The van der Waals surface area contributed by atoms with Crippen LogP contribution in [0, 0.1) is 25.5 Å². The second-order valence-electron chi connectivity index (χ2n) is 6.62. The van der Waals surface area contributed by atoms with E-state index in [1.807, 2.05) is 18.9 Å². The molecule has 0 aromatic heterocycles. The number of Topliss-reactive ketones (excluding diaryl/α,β-unsaturated/α-hetero) is 1. The smallest absolute Gasteiger partial charge is 0.182 e. The fraction of sp³-hybridized carbons (Fsp3) is 0.333. The molecule has 2 rings (SSSR count). The summed E-state index contributed by atoms with van der Waals surface area (Å²) in [6.07, 6.45) is 1.55. The summed E-state index contributed by atoms with van der Waals surface area (Å²) in [5.41, 5.74) is 2.19. The molecule has 0 saturated carbocycles. The maximum absolute atomic E-state index is 14.4. The van der Waals surface area contributed by atoms with Crippen LogP contribution in [0.4, 0.5) is 20.2 Å². The SMILES string of the molecule is CCN(C)/C=N/c1cc(C)c(C(=O)CN(C)c2c(C)cccc2F)cc1F. The van der Waals surface area contributed by atoms with E-state index in [-0.39, 0.29) is 23.6 Å². The van der Waals surface area contributed by atoms with E-state index >= 15 is 0 Å². The van der Waals surface area contributed by atoms with E-state index in [1.54, 1.807) is 50.3 Å². The average Bonchev–Trinajstić information content (AvgIpc) is 2.61. The summed E-state index contributed by atoms with van der Waals surface area (Å²) in [5, 5.41) is 0. The Morgan fingerprint density at radius 2 is 1.81 bits per heavy atom. The average molecular weight is 373 g/mol. The molecule has 0 spiro atoms. The normalized spacial score (nSPS) is 11.1. The van der Waals surface area contributed by atoms with E-state index in [0.717, 1.165) is 12.1 Å². The van der Waals surface area contributed by atoms with Crippen LogP contribution >= 0.6 is 0 Å². The van der Waals surface area contributed by atoms with Crippen molar-refractivity contribution in [3.63, 3.8) is 0 Å². The Hall–Kier alpha value is -2.76. The van der Waals surface area contributed by atoms with Crippen LogP contribution in [0.25, 0.3) is 0 Å². The Morgan fingerprint density at radius 1 is 1.11 bits per heavy atom. The highest BCUT2D eigenvalue weighted by Crippen LogP contribution is 2.25. The van der Waals surface area contributed by atoms with E-state index in [2.05, 4.69) is 4.99 Å². The van der Waals surface area contributed by atoms with Gasteiger partial charge >= 0.3 is 0 Å². The van der Waals surface area contributed by atoms with Crippen LogP contribution in [0.1, 0.15) is 28.4 Å². The van der Waals surface area contributed by atoms with Crippen LogP contribution in [0.3, 0.4) is 0 Å². The summed E-state index contributed by atoms with van der Waals surface area (Å²) in [6.45, 7) is 6.18. The predicted molar refractivity (Wildman–Crippen MR) is 106 cm³/mol. The van der Waals surface area contributed by atoms with Crippen LogP contribution in [-0.2, 0) is 0 Å². The van der Waals surface area contributed by atoms with E-state index in [1.165, 1.54) is 12.1 Å². The van der Waals surface area contributed by atoms with Crippen molar-refractivity contribution in [2.24, 2.45) is 4.99 Å². The number of halogens is 2. The minimum Gasteiger partial charge on any atom is -0.366 e. The van der Waals surface area contributed by atoms with Gasteiger partial charge in [-0.2, -0.15) is 0 Å². The zero-order chi connectivity index (χ0) is 20.1. The third-order valence-electron chi connectivity index (χ3n) is 4.44. The monoisotopic (exact) mass is 373 g/mol.